The predicted octanol–water partition coefficient (Wildman–Crippen LogP) is 0.760. The van der Waals surface area contributed by atoms with Gasteiger partial charge in [0, 0.05) is 26.2 Å². The Balaban J connectivity index is 1.73. The van der Waals surface area contributed by atoms with Crippen LogP contribution in [0.3, 0.4) is 0 Å². The summed E-state index contributed by atoms with van der Waals surface area (Å²) in [5, 5.41) is 3.20. The molecule has 0 spiro atoms. The molecule has 2 aliphatic heterocycles. The van der Waals surface area contributed by atoms with E-state index in [1.54, 1.807) is 0 Å². The molecule has 5 heteroatoms. The van der Waals surface area contributed by atoms with Gasteiger partial charge in [0.2, 0.25) is 0 Å². The van der Waals surface area contributed by atoms with Gasteiger partial charge in [-0.25, -0.2) is 4.79 Å². The van der Waals surface area contributed by atoms with E-state index in [4.69, 9.17) is 4.74 Å². The van der Waals surface area contributed by atoms with E-state index in [-0.39, 0.29) is 6.03 Å². The standard InChI is InChI=1S/C13H25N3O2/c1-14-5-2-12-3-6-15(7-4-12)13(17)16-8-10-18-11-9-16/h12,14H,2-11H2,1H3. The van der Waals surface area contributed by atoms with Gasteiger partial charge in [0.1, 0.15) is 0 Å². The van der Waals surface area contributed by atoms with Gasteiger partial charge in [-0.2, -0.15) is 0 Å². The molecule has 0 radical (unpaired) electrons. The number of rotatable bonds is 3. The molecule has 2 amide bonds. The highest BCUT2D eigenvalue weighted by Crippen LogP contribution is 2.21. The average Bonchev–Trinajstić information content (AvgIpc) is 2.46. The maximum Gasteiger partial charge on any atom is 0.320 e. The number of hydrogen-bond donors (Lipinski definition) is 1. The lowest BCUT2D eigenvalue weighted by Gasteiger charge is -2.37. The molecule has 2 rings (SSSR count). The predicted molar refractivity (Wildman–Crippen MR) is 70.6 cm³/mol. The molecule has 0 unspecified atom stereocenters. The highest BCUT2D eigenvalue weighted by Gasteiger charge is 2.26. The smallest absolute Gasteiger partial charge is 0.320 e. The number of hydrogen-bond acceptors (Lipinski definition) is 3. The summed E-state index contributed by atoms with van der Waals surface area (Å²) in [5.74, 6) is 0.784. The summed E-state index contributed by atoms with van der Waals surface area (Å²) < 4.78 is 5.28. The molecule has 2 fully saturated rings. The summed E-state index contributed by atoms with van der Waals surface area (Å²) in [6.45, 7) is 5.79. The third kappa shape index (κ3) is 3.59. The Morgan fingerprint density at radius 1 is 1.17 bits per heavy atom. The Bertz CT molecular complexity index is 259. The molecule has 0 aromatic heterocycles. The van der Waals surface area contributed by atoms with Crippen molar-refractivity contribution in [2.24, 2.45) is 5.92 Å². The Labute approximate surface area is 109 Å². The van der Waals surface area contributed by atoms with Crippen LogP contribution in [0.25, 0.3) is 0 Å². The van der Waals surface area contributed by atoms with Crippen molar-refractivity contribution in [3.05, 3.63) is 0 Å². The number of likely N-dealkylation sites (tertiary alicyclic amines) is 1. The lowest BCUT2D eigenvalue weighted by Crippen LogP contribution is -2.50. The van der Waals surface area contributed by atoms with E-state index in [1.165, 1.54) is 6.42 Å². The molecule has 0 aromatic rings. The zero-order chi connectivity index (χ0) is 12.8. The number of carbonyl (C=O) groups excluding carboxylic acids is 1. The van der Waals surface area contributed by atoms with Crippen LogP contribution < -0.4 is 5.32 Å². The second kappa shape index (κ2) is 6.95. The van der Waals surface area contributed by atoms with Crippen molar-refractivity contribution in [2.45, 2.75) is 19.3 Å². The van der Waals surface area contributed by atoms with Gasteiger partial charge in [0.05, 0.1) is 13.2 Å². The Hall–Kier alpha value is -0.810. The molecule has 0 atom stereocenters. The summed E-state index contributed by atoms with van der Waals surface area (Å²) in [5.41, 5.74) is 0. The monoisotopic (exact) mass is 255 g/mol. The fourth-order valence-electron chi connectivity index (χ4n) is 2.72. The topological polar surface area (TPSA) is 44.8 Å². The Morgan fingerprint density at radius 3 is 2.39 bits per heavy atom. The maximum atomic E-state index is 12.3. The highest BCUT2D eigenvalue weighted by molar-refractivity contribution is 5.74. The van der Waals surface area contributed by atoms with Crippen LogP contribution in [-0.2, 0) is 4.74 Å². The normalized spacial score (nSPS) is 22.3. The van der Waals surface area contributed by atoms with E-state index in [9.17, 15) is 4.79 Å². The minimum Gasteiger partial charge on any atom is -0.378 e. The fourth-order valence-corrected chi connectivity index (χ4v) is 2.72. The first-order valence-corrected chi connectivity index (χ1v) is 7.07. The summed E-state index contributed by atoms with van der Waals surface area (Å²) in [6.07, 6.45) is 3.53. The van der Waals surface area contributed by atoms with Gasteiger partial charge in [0.25, 0.3) is 0 Å². The van der Waals surface area contributed by atoms with Gasteiger partial charge in [-0.1, -0.05) is 0 Å². The Morgan fingerprint density at radius 2 is 1.78 bits per heavy atom. The molecule has 0 bridgehead atoms. The maximum absolute atomic E-state index is 12.3. The average molecular weight is 255 g/mol. The number of morpholine rings is 1. The van der Waals surface area contributed by atoms with Gasteiger partial charge in [0.15, 0.2) is 0 Å². The van der Waals surface area contributed by atoms with Gasteiger partial charge < -0.3 is 19.9 Å². The number of ether oxygens (including phenoxy) is 1. The fraction of sp³-hybridized carbons (Fsp3) is 0.923. The molecule has 104 valence electrons. The van der Waals surface area contributed by atoms with Crippen LogP contribution in [0.2, 0.25) is 0 Å². The molecular formula is C13H25N3O2. The summed E-state index contributed by atoms with van der Waals surface area (Å²) in [7, 11) is 2.00. The zero-order valence-electron chi connectivity index (χ0n) is 11.4. The van der Waals surface area contributed by atoms with E-state index in [2.05, 4.69) is 5.32 Å². The van der Waals surface area contributed by atoms with Crippen molar-refractivity contribution in [1.82, 2.24) is 15.1 Å². The van der Waals surface area contributed by atoms with Crippen molar-refractivity contribution >= 4 is 6.03 Å². The first-order valence-electron chi connectivity index (χ1n) is 7.07. The minimum absolute atomic E-state index is 0.213. The van der Waals surface area contributed by atoms with Crippen molar-refractivity contribution in [3.8, 4) is 0 Å². The third-order valence-electron chi connectivity index (χ3n) is 3.97. The first-order chi connectivity index (χ1) is 8.81. The molecule has 18 heavy (non-hydrogen) atoms. The van der Waals surface area contributed by atoms with Crippen LogP contribution in [0.4, 0.5) is 4.79 Å². The van der Waals surface area contributed by atoms with E-state index in [1.807, 2.05) is 16.8 Å². The van der Waals surface area contributed by atoms with Crippen LogP contribution >= 0.6 is 0 Å². The summed E-state index contributed by atoms with van der Waals surface area (Å²) in [6, 6.07) is 0.213. The van der Waals surface area contributed by atoms with Gasteiger partial charge in [-0.05, 0) is 38.8 Å². The van der Waals surface area contributed by atoms with E-state index in [0.29, 0.717) is 13.2 Å². The van der Waals surface area contributed by atoms with E-state index < -0.39 is 0 Å². The largest absolute Gasteiger partial charge is 0.378 e. The number of amides is 2. The van der Waals surface area contributed by atoms with Crippen LogP contribution in [0, 0.1) is 5.92 Å². The minimum atomic E-state index is 0.213. The van der Waals surface area contributed by atoms with Crippen molar-refractivity contribution in [1.29, 1.82) is 0 Å². The van der Waals surface area contributed by atoms with E-state index in [0.717, 1.165) is 51.5 Å². The lowest BCUT2D eigenvalue weighted by atomic mass is 9.94. The third-order valence-corrected chi connectivity index (χ3v) is 3.97. The molecule has 0 aliphatic carbocycles. The Kier molecular flexibility index (Phi) is 5.26. The summed E-state index contributed by atoms with van der Waals surface area (Å²) >= 11 is 0. The van der Waals surface area contributed by atoms with Crippen LogP contribution in [-0.4, -0.2) is 68.8 Å². The quantitative estimate of drug-likeness (QED) is 0.810. The SMILES string of the molecule is CNCCC1CCN(C(=O)N2CCOCC2)CC1. The molecule has 0 saturated carbocycles. The van der Waals surface area contributed by atoms with Crippen LogP contribution in [0.5, 0.6) is 0 Å². The molecule has 2 saturated heterocycles. The van der Waals surface area contributed by atoms with Crippen LogP contribution in [0.15, 0.2) is 0 Å². The van der Waals surface area contributed by atoms with Crippen molar-refractivity contribution < 1.29 is 9.53 Å². The molecule has 2 aliphatic rings. The molecule has 5 nitrogen and oxygen atoms in total. The first kappa shape index (κ1) is 13.6. The van der Waals surface area contributed by atoms with Gasteiger partial charge in [-0.3, -0.25) is 0 Å². The van der Waals surface area contributed by atoms with Crippen LogP contribution in [0.1, 0.15) is 19.3 Å². The number of urea groups is 1. The summed E-state index contributed by atoms with van der Waals surface area (Å²) in [4.78, 5) is 16.2. The zero-order valence-corrected chi connectivity index (χ0v) is 11.4. The number of nitrogens with one attached hydrogen (secondary N) is 1. The van der Waals surface area contributed by atoms with Crippen molar-refractivity contribution in [3.63, 3.8) is 0 Å². The molecular weight excluding hydrogens is 230 g/mol. The molecule has 1 N–H and O–H groups in total. The van der Waals surface area contributed by atoms with Gasteiger partial charge in [-0.15, -0.1) is 0 Å². The van der Waals surface area contributed by atoms with Gasteiger partial charge >= 0.3 is 6.03 Å². The molecule has 0 aromatic carbocycles. The van der Waals surface area contributed by atoms with E-state index >= 15 is 0 Å². The lowest BCUT2D eigenvalue weighted by molar-refractivity contribution is 0.0399. The van der Waals surface area contributed by atoms with Crippen molar-refractivity contribution in [2.75, 3.05) is 53.0 Å². The number of nitrogens with zero attached hydrogens (tertiary/aromatic N) is 2. The second-order valence-electron chi connectivity index (χ2n) is 5.20. The highest BCUT2D eigenvalue weighted by atomic mass is 16.5. The molecule has 2 heterocycles. The number of carbonyl (C=O) groups is 1. The number of piperidine rings is 1. The second-order valence-corrected chi connectivity index (χ2v) is 5.20.